The fourth-order valence-corrected chi connectivity index (χ4v) is 4.44. The van der Waals surface area contributed by atoms with E-state index in [4.69, 9.17) is 11.6 Å². The van der Waals surface area contributed by atoms with Gasteiger partial charge in [0.25, 0.3) is 0 Å². The maximum absolute atomic E-state index is 13.4. The van der Waals surface area contributed by atoms with Gasteiger partial charge in [0.05, 0.1) is 28.9 Å². The summed E-state index contributed by atoms with van der Waals surface area (Å²) in [7, 11) is -1.54. The van der Waals surface area contributed by atoms with Gasteiger partial charge in [0.2, 0.25) is 10.0 Å². The summed E-state index contributed by atoms with van der Waals surface area (Å²) >= 11 is 6.27. The third kappa shape index (κ3) is 5.68. The van der Waals surface area contributed by atoms with E-state index in [0.29, 0.717) is 42.9 Å². The fourth-order valence-electron chi connectivity index (χ4n) is 3.29. The van der Waals surface area contributed by atoms with Crippen LogP contribution in [0.25, 0.3) is 11.3 Å². The molecule has 30 heavy (non-hydrogen) atoms. The first-order valence-corrected chi connectivity index (χ1v) is 11.3. The van der Waals surface area contributed by atoms with Crippen molar-refractivity contribution in [2.45, 2.75) is 26.3 Å². The van der Waals surface area contributed by atoms with Crippen molar-refractivity contribution >= 4 is 33.3 Å². The smallest absolute Gasteiger partial charge is 0.321 e. The van der Waals surface area contributed by atoms with Gasteiger partial charge in [-0.15, -0.1) is 0 Å². The molecule has 164 valence electrons. The van der Waals surface area contributed by atoms with Crippen molar-refractivity contribution in [1.82, 2.24) is 14.2 Å². The second-order valence-electron chi connectivity index (χ2n) is 7.00. The highest BCUT2D eigenvalue weighted by atomic mass is 35.5. The van der Waals surface area contributed by atoms with Crippen LogP contribution in [0.15, 0.2) is 36.5 Å². The summed E-state index contributed by atoms with van der Waals surface area (Å²) in [6.07, 6.45) is 3.78. The first kappa shape index (κ1) is 24.0. The molecule has 2 heterocycles. The Morgan fingerprint density at radius 2 is 1.97 bits per heavy atom. The summed E-state index contributed by atoms with van der Waals surface area (Å²) in [5.74, 6) is -0.388. The number of pyridine rings is 1. The van der Waals surface area contributed by atoms with E-state index in [-0.39, 0.29) is 30.3 Å². The number of sulfonamides is 1. The van der Waals surface area contributed by atoms with E-state index < -0.39 is 10.0 Å². The normalized spacial score (nSPS) is 15.3. The Bertz CT molecular complexity index is 1010. The van der Waals surface area contributed by atoms with E-state index >= 15 is 0 Å². The molecule has 2 aromatic rings. The number of nitrogens with zero attached hydrogens (tertiary/aromatic N) is 3. The van der Waals surface area contributed by atoms with Crippen LogP contribution in [-0.2, 0) is 10.0 Å². The molecule has 1 aromatic carbocycles. The number of nitrogens with one attached hydrogen (secondary N) is 1. The molecule has 1 N–H and O–H groups in total. The molecule has 1 aromatic heterocycles. The summed E-state index contributed by atoms with van der Waals surface area (Å²) in [5.41, 5.74) is 1.38. The SMILES string of the molecule is C.CN(C(=O)Nc1cnc(-c2cccc(F)c2)c(Cl)c1)C1CCN(S(C)(=O)=O)CC1. The zero-order valence-corrected chi connectivity index (χ0v) is 17.7. The Morgan fingerprint density at radius 1 is 1.30 bits per heavy atom. The number of hydrogen-bond donors (Lipinski definition) is 1. The van der Waals surface area contributed by atoms with E-state index in [1.165, 1.54) is 28.9 Å². The number of hydrogen-bond acceptors (Lipinski definition) is 4. The number of benzene rings is 1. The number of urea groups is 1. The Kier molecular flexibility index (Phi) is 7.79. The largest absolute Gasteiger partial charge is 0.325 e. The minimum absolute atomic E-state index is 0. The van der Waals surface area contributed by atoms with Gasteiger partial charge in [0.1, 0.15) is 5.82 Å². The lowest BCUT2D eigenvalue weighted by atomic mass is 10.1. The average Bonchev–Trinajstić information content (AvgIpc) is 2.67. The predicted molar refractivity (Wildman–Crippen MR) is 118 cm³/mol. The number of amides is 2. The first-order valence-electron chi connectivity index (χ1n) is 9.05. The summed E-state index contributed by atoms with van der Waals surface area (Å²) in [6.45, 7) is 0.771. The van der Waals surface area contributed by atoms with Gasteiger partial charge in [0, 0.05) is 31.7 Å². The minimum atomic E-state index is -3.21. The number of rotatable bonds is 4. The van der Waals surface area contributed by atoms with Gasteiger partial charge >= 0.3 is 6.03 Å². The molecule has 0 spiro atoms. The van der Waals surface area contributed by atoms with Crippen LogP contribution < -0.4 is 5.32 Å². The predicted octanol–water partition coefficient (Wildman–Crippen LogP) is 4.06. The number of aromatic nitrogens is 1. The lowest BCUT2D eigenvalue weighted by Gasteiger charge is -2.35. The number of carbonyl (C=O) groups is 1. The lowest BCUT2D eigenvalue weighted by Crippen LogP contribution is -2.48. The monoisotopic (exact) mass is 456 g/mol. The summed E-state index contributed by atoms with van der Waals surface area (Å²) < 4.78 is 38.1. The molecule has 0 saturated carbocycles. The van der Waals surface area contributed by atoms with Gasteiger partial charge in [0.15, 0.2) is 0 Å². The van der Waals surface area contributed by atoms with Crippen LogP contribution in [0.1, 0.15) is 20.3 Å². The second kappa shape index (κ2) is 9.72. The molecule has 0 aliphatic carbocycles. The standard InChI is InChI=1S/C19H22ClFN4O3S.CH4/c1-24(16-6-8-25(9-7-16)29(2,27)28)19(26)23-15-11-17(20)18(22-12-15)13-4-3-5-14(21)10-13;/h3-5,10-12,16H,6-9H2,1-2H3,(H,23,26);1H4. The zero-order valence-electron chi connectivity index (χ0n) is 16.1. The Balaban J connectivity index is 0.00000320. The fraction of sp³-hybridized carbons (Fsp3) is 0.400. The number of anilines is 1. The number of carbonyl (C=O) groups excluding carboxylic acids is 1. The van der Waals surface area contributed by atoms with Crippen molar-refractivity contribution in [3.63, 3.8) is 0 Å². The van der Waals surface area contributed by atoms with E-state index in [1.807, 2.05) is 0 Å². The Hall–Kier alpha value is -2.23. The van der Waals surface area contributed by atoms with Crippen molar-refractivity contribution in [1.29, 1.82) is 0 Å². The molecule has 1 aliphatic rings. The molecule has 2 amide bonds. The Morgan fingerprint density at radius 3 is 2.53 bits per heavy atom. The molecule has 0 atom stereocenters. The highest BCUT2D eigenvalue weighted by Gasteiger charge is 2.29. The molecular weight excluding hydrogens is 431 g/mol. The quantitative estimate of drug-likeness (QED) is 0.751. The van der Waals surface area contributed by atoms with Gasteiger partial charge in [-0.3, -0.25) is 4.98 Å². The molecule has 3 rings (SSSR count). The highest BCUT2D eigenvalue weighted by molar-refractivity contribution is 7.88. The molecule has 0 unspecified atom stereocenters. The van der Waals surface area contributed by atoms with Crippen molar-refractivity contribution in [3.8, 4) is 11.3 Å². The molecule has 10 heteroatoms. The van der Waals surface area contributed by atoms with Crippen molar-refractivity contribution < 1.29 is 17.6 Å². The summed E-state index contributed by atoms with van der Waals surface area (Å²) in [6, 6.07) is 7.11. The van der Waals surface area contributed by atoms with E-state index in [2.05, 4.69) is 10.3 Å². The van der Waals surface area contributed by atoms with E-state index in [9.17, 15) is 17.6 Å². The van der Waals surface area contributed by atoms with Crippen LogP contribution in [-0.4, -0.2) is 61.1 Å². The maximum Gasteiger partial charge on any atom is 0.321 e. The van der Waals surface area contributed by atoms with Gasteiger partial charge in [-0.2, -0.15) is 0 Å². The first-order chi connectivity index (χ1) is 13.6. The molecular formula is C20H26ClFN4O3S. The highest BCUT2D eigenvalue weighted by Crippen LogP contribution is 2.28. The van der Waals surface area contributed by atoms with E-state index in [0.717, 1.165) is 0 Å². The molecule has 7 nitrogen and oxygen atoms in total. The molecule has 1 saturated heterocycles. The second-order valence-corrected chi connectivity index (χ2v) is 9.39. The minimum Gasteiger partial charge on any atom is -0.325 e. The van der Waals surface area contributed by atoms with Crippen LogP contribution in [0.2, 0.25) is 5.02 Å². The molecule has 1 fully saturated rings. The summed E-state index contributed by atoms with van der Waals surface area (Å²) in [5, 5.41) is 3.03. The molecule has 0 radical (unpaired) electrons. The molecule has 0 bridgehead atoms. The van der Waals surface area contributed by atoms with Crippen LogP contribution >= 0.6 is 11.6 Å². The van der Waals surface area contributed by atoms with Gasteiger partial charge in [-0.25, -0.2) is 21.9 Å². The topological polar surface area (TPSA) is 82.6 Å². The maximum atomic E-state index is 13.4. The van der Waals surface area contributed by atoms with Gasteiger partial charge in [-0.05, 0) is 31.0 Å². The van der Waals surface area contributed by atoms with Crippen LogP contribution in [0, 0.1) is 5.82 Å². The summed E-state index contributed by atoms with van der Waals surface area (Å²) in [4.78, 5) is 18.4. The van der Waals surface area contributed by atoms with Crippen LogP contribution in [0.5, 0.6) is 0 Å². The van der Waals surface area contributed by atoms with Crippen molar-refractivity contribution in [3.05, 3.63) is 47.4 Å². The van der Waals surface area contributed by atoms with Crippen LogP contribution in [0.4, 0.5) is 14.9 Å². The zero-order chi connectivity index (χ0) is 21.2. The third-order valence-electron chi connectivity index (χ3n) is 4.95. The number of halogens is 2. The number of piperidine rings is 1. The van der Waals surface area contributed by atoms with E-state index in [1.54, 1.807) is 30.1 Å². The average molecular weight is 457 g/mol. The van der Waals surface area contributed by atoms with Crippen LogP contribution in [0.3, 0.4) is 0 Å². The van der Waals surface area contributed by atoms with Crippen molar-refractivity contribution in [2.24, 2.45) is 0 Å². The third-order valence-corrected chi connectivity index (χ3v) is 6.54. The van der Waals surface area contributed by atoms with Gasteiger partial charge < -0.3 is 10.2 Å². The Labute approximate surface area is 181 Å². The van der Waals surface area contributed by atoms with Gasteiger partial charge in [-0.1, -0.05) is 31.2 Å². The van der Waals surface area contributed by atoms with Crippen molar-refractivity contribution in [2.75, 3.05) is 31.7 Å². The molecule has 1 aliphatic heterocycles. The lowest BCUT2D eigenvalue weighted by molar-refractivity contribution is 0.174.